The van der Waals surface area contributed by atoms with Gasteiger partial charge in [-0.05, 0) is 62.8 Å². The summed E-state index contributed by atoms with van der Waals surface area (Å²) in [6.07, 6.45) is 5.85. The fourth-order valence-corrected chi connectivity index (χ4v) is 6.23. The minimum absolute atomic E-state index is 0.0311. The van der Waals surface area contributed by atoms with Gasteiger partial charge in [0.25, 0.3) is 5.91 Å². The molecule has 1 aliphatic heterocycles. The molecule has 162 valence electrons. The molecule has 1 aromatic heterocycles. The average molecular weight is 434 g/mol. The summed E-state index contributed by atoms with van der Waals surface area (Å²) < 4.78 is 39.2. The van der Waals surface area contributed by atoms with E-state index in [1.54, 1.807) is 21.7 Å². The molecule has 30 heavy (non-hydrogen) atoms. The Morgan fingerprint density at radius 3 is 2.63 bits per heavy atom. The molecule has 0 bridgehead atoms. The predicted octanol–water partition coefficient (Wildman–Crippen LogP) is 3.32. The number of carbonyl (C=O) groups excluding carboxylic acids is 1. The Morgan fingerprint density at radius 1 is 1.23 bits per heavy atom. The number of rotatable bonds is 6. The molecule has 4 rings (SSSR count). The van der Waals surface area contributed by atoms with Crippen LogP contribution in [0.4, 0.5) is 4.39 Å². The van der Waals surface area contributed by atoms with Crippen LogP contribution < -0.4 is 0 Å². The van der Waals surface area contributed by atoms with Crippen LogP contribution in [0.5, 0.6) is 0 Å². The number of sulfone groups is 1. The van der Waals surface area contributed by atoms with Crippen LogP contribution in [-0.2, 0) is 22.7 Å². The van der Waals surface area contributed by atoms with Crippen LogP contribution in [0, 0.1) is 5.82 Å². The smallest absolute Gasteiger partial charge is 0.274 e. The van der Waals surface area contributed by atoms with Crippen molar-refractivity contribution in [3.8, 4) is 5.69 Å². The molecule has 1 fully saturated rings. The van der Waals surface area contributed by atoms with Gasteiger partial charge in [0.1, 0.15) is 5.82 Å². The largest absolute Gasteiger partial charge is 0.333 e. The minimum atomic E-state index is -3.10. The highest BCUT2D eigenvalue weighted by molar-refractivity contribution is 7.91. The van der Waals surface area contributed by atoms with Gasteiger partial charge < -0.3 is 4.90 Å². The summed E-state index contributed by atoms with van der Waals surface area (Å²) in [6, 6.07) is 5.84. The van der Waals surface area contributed by atoms with Crippen LogP contribution in [0.3, 0.4) is 0 Å². The second kappa shape index (κ2) is 8.49. The molecule has 6 nitrogen and oxygen atoms in total. The Balaban J connectivity index is 1.72. The van der Waals surface area contributed by atoms with Crippen LogP contribution in [-0.4, -0.2) is 53.1 Å². The summed E-state index contributed by atoms with van der Waals surface area (Å²) in [6.45, 7) is 2.59. The molecule has 1 unspecified atom stereocenters. The first-order valence-electron chi connectivity index (χ1n) is 10.8. The van der Waals surface area contributed by atoms with E-state index in [9.17, 15) is 17.6 Å². The van der Waals surface area contributed by atoms with E-state index in [1.165, 1.54) is 12.1 Å². The second-order valence-electron chi connectivity index (χ2n) is 8.28. The number of halogens is 1. The van der Waals surface area contributed by atoms with Crippen molar-refractivity contribution in [2.24, 2.45) is 0 Å². The lowest BCUT2D eigenvalue weighted by molar-refractivity contribution is 0.0686. The van der Waals surface area contributed by atoms with Gasteiger partial charge in [0.2, 0.25) is 0 Å². The molecule has 2 heterocycles. The zero-order valence-electron chi connectivity index (χ0n) is 17.3. The summed E-state index contributed by atoms with van der Waals surface area (Å²) in [5.41, 5.74) is 3.12. The van der Waals surface area contributed by atoms with E-state index in [0.717, 1.165) is 55.5 Å². The third kappa shape index (κ3) is 4.15. The summed E-state index contributed by atoms with van der Waals surface area (Å²) in [4.78, 5) is 15.4. The van der Waals surface area contributed by atoms with Crippen molar-refractivity contribution in [2.75, 3.05) is 18.1 Å². The van der Waals surface area contributed by atoms with E-state index in [1.807, 2.05) is 0 Å². The van der Waals surface area contributed by atoms with E-state index in [0.29, 0.717) is 18.7 Å². The van der Waals surface area contributed by atoms with E-state index in [-0.39, 0.29) is 29.3 Å². The fraction of sp³-hybridized carbons (Fsp3) is 0.545. The van der Waals surface area contributed by atoms with Gasteiger partial charge in [-0.1, -0.05) is 13.3 Å². The van der Waals surface area contributed by atoms with Crippen LogP contribution in [0.15, 0.2) is 24.3 Å². The van der Waals surface area contributed by atoms with Crippen molar-refractivity contribution in [3.63, 3.8) is 0 Å². The number of hydrogen-bond acceptors (Lipinski definition) is 4. The van der Waals surface area contributed by atoms with Crippen molar-refractivity contribution in [2.45, 2.75) is 57.9 Å². The van der Waals surface area contributed by atoms with Gasteiger partial charge in [-0.2, -0.15) is 5.10 Å². The van der Waals surface area contributed by atoms with E-state index in [2.05, 4.69) is 12.0 Å². The van der Waals surface area contributed by atoms with Gasteiger partial charge in [-0.25, -0.2) is 17.5 Å². The Bertz CT molecular complexity index is 1030. The van der Waals surface area contributed by atoms with Gasteiger partial charge in [0.05, 0.1) is 17.2 Å². The van der Waals surface area contributed by atoms with Crippen molar-refractivity contribution < 1.29 is 17.6 Å². The molecule has 0 radical (unpaired) electrons. The molecule has 2 aliphatic rings. The highest BCUT2D eigenvalue weighted by Crippen LogP contribution is 2.29. The average Bonchev–Trinajstić information content (AvgIpc) is 3.29. The highest BCUT2D eigenvalue weighted by Gasteiger charge is 2.37. The first-order valence-corrected chi connectivity index (χ1v) is 12.6. The molecule has 8 heteroatoms. The number of unbranched alkanes of at least 4 members (excludes halogenated alkanes) is 1. The highest BCUT2D eigenvalue weighted by atomic mass is 32.2. The molecule has 1 saturated heterocycles. The van der Waals surface area contributed by atoms with E-state index in [4.69, 9.17) is 0 Å². The molecule has 0 spiro atoms. The van der Waals surface area contributed by atoms with Crippen LogP contribution in [0.25, 0.3) is 5.69 Å². The molecule has 1 aliphatic carbocycles. The number of carbonyl (C=O) groups is 1. The number of benzene rings is 1. The zero-order chi connectivity index (χ0) is 21.3. The third-order valence-corrected chi connectivity index (χ3v) is 7.87. The van der Waals surface area contributed by atoms with Crippen molar-refractivity contribution >= 4 is 15.7 Å². The molecular formula is C22H28FN3O3S. The number of aromatic nitrogens is 2. The molecule has 1 aromatic carbocycles. The minimum Gasteiger partial charge on any atom is -0.333 e. The maximum Gasteiger partial charge on any atom is 0.274 e. The van der Waals surface area contributed by atoms with Crippen LogP contribution >= 0.6 is 0 Å². The van der Waals surface area contributed by atoms with E-state index < -0.39 is 9.84 Å². The van der Waals surface area contributed by atoms with Gasteiger partial charge in [0, 0.05) is 23.8 Å². The molecule has 0 saturated carbocycles. The fourth-order valence-electron chi connectivity index (χ4n) is 4.50. The van der Waals surface area contributed by atoms with Gasteiger partial charge in [-0.3, -0.25) is 4.79 Å². The summed E-state index contributed by atoms with van der Waals surface area (Å²) in [5, 5.41) is 4.68. The maximum atomic E-state index is 13.6. The first kappa shape index (κ1) is 21.0. The van der Waals surface area contributed by atoms with Crippen molar-refractivity contribution in [1.29, 1.82) is 0 Å². The topological polar surface area (TPSA) is 72.3 Å². The van der Waals surface area contributed by atoms with Gasteiger partial charge in [0.15, 0.2) is 15.5 Å². The third-order valence-electron chi connectivity index (χ3n) is 6.12. The Labute approximate surface area is 177 Å². The summed E-state index contributed by atoms with van der Waals surface area (Å²) in [7, 11) is -3.10. The molecule has 0 N–H and O–H groups in total. The number of fused-ring (bicyclic) bond motifs is 1. The normalized spacial score (nSPS) is 20.1. The molecule has 1 amide bonds. The standard InChI is InChI=1S/C22H28FN3O3S/c1-2-3-13-25(18-12-14-30(28,29)15-18)22(27)21-19-6-4-5-7-20(19)26(24-21)17-10-8-16(23)9-11-17/h8-11,18H,2-7,12-15H2,1H3. The molecule has 2 aromatic rings. The van der Waals surface area contributed by atoms with Crippen molar-refractivity contribution in [3.05, 3.63) is 47.0 Å². The Kier molecular flexibility index (Phi) is 5.95. The maximum absolute atomic E-state index is 13.6. The Morgan fingerprint density at radius 2 is 1.97 bits per heavy atom. The lowest BCUT2D eigenvalue weighted by Crippen LogP contribution is -2.42. The number of nitrogens with zero attached hydrogens (tertiary/aromatic N) is 3. The predicted molar refractivity (Wildman–Crippen MR) is 113 cm³/mol. The van der Waals surface area contributed by atoms with Crippen LogP contribution in [0.1, 0.15) is 60.8 Å². The van der Waals surface area contributed by atoms with E-state index >= 15 is 0 Å². The lowest BCUT2D eigenvalue weighted by Gasteiger charge is -2.28. The monoisotopic (exact) mass is 433 g/mol. The van der Waals surface area contributed by atoms with Crippen molar-refractivity contribution in [1.82, 2.24) is 14.7 Å². The zero-order valence-corrected chi connectivity index (χ0v) is 18.1. The second-order valence-corrected chi connectivity index (χ2v) is 10.5. The quantitative estimate of drug-likeness (QED) is 0.701. The lowest BCUT2D eigenvalue weighted by atomic mass is 9.95. The number of hydrogen-bond donors (Lipinski definition) is 0. The SMILES string of the molecule is CCCCN(C(=O)c1nn(-c2ccc(F)cc2)c2c1CCCC2)C1CCS(=O)(=O)C1. The first-order chi connectivity index (χ1) is 14.4. The summed E-state index contributed by atoms with van der Waals surface area (Å²) in [5.74, 6) is -0.326. The molecule has 1 atom stereocenters. The van der Waals surface area contributed by atoms with Crippen LogP contribution in [0.2, 0.25) is 0 Å². The van der Waals surface area contributed by atoms with Gasteiger partial charge in [-0.15, -0.1) is 0 Å². The Hall–Kier alpha value is -2.22. The molecular weight excluding hydrogens is 405 g/mol. The number of amides is 1. The van der Waals surface area contributed by atoms with Gasteiger partial charge >= 0.3 is 0 Å². The summed E-state index contributed by atoms with van der Waals surface area (Å²) >= 11 is 0.